The highest BCUT2D eigenvalue weighted by molar-refractivity contribution is 5.15. The van der Waals surface area contributed by atoms with Crippen LogP contribution in [0.4, 0.5) is 0 Å². The van der Waals surface area contributed by atoms with Gasteiger partial charge in [-0.1, -0.05) is 30.3 Å². The van der Waals surface area contributed by atoms with Gasteiger partial charge in [0.15, 0.2) is 0 Å². The van der Waals surface area contributed by atoms with Crippen molar-refractivity contribution in [3.8, 4) is 0 Å². The summed E-state index contributed by atoms with van der Waals surface area (Å²) >= 11 is 0. The van der Waals surface area contributed by atoms with E-state index in [1.54, 1.807) is 0 Å². The van der Waals surface area contributed by atoms with Gasteiger partial charge in [-0.15, -0.1) is 0 Å². The molecule has 1 saturated heterocycles. The van der Waals surface area contributed by atoms with Crippen molar-refractivity contribution in [1.29, 1.82) is 0 Å². The molecule has 2 heterocycles. The molecule has 0 saturated carbocycles. The Bertz CT molecular complexity index is 482. The van der Waals surface area contributed by atoms with Crippen LogP contribution in [0, 0.1) is 0 Å². The van der Waals surface area contributed by atoms with Crippen molar-refractivity contribution < 1.29 is 0 Å². The lowest BCUT2D eigenvalue weighted by atomic mass is 10.1. The first-order valence-corrected chi connectivity index (χ1v) is 8.28. The van der Waals surface area contributed by atoms with Crippen molar-refractivity contribution in [1.82, 2.24) is 14.8 Å². The van der Waals surface area contributed by atoms with Gasteiger partial charge in [0.1, 0.15) is 0 Å². The van der Waals surface area contributed by atoms with Crippen LogP contribution in [0.25, 0.3) is 0 Å². The molecule has 1 aliphatic rings. The van der Waals surface area contributed by atoms with Crippen LogP contribution < -0.4 is 0 Å². The van der Waals surface area contributed by atoms with E-state index < -0.39 is 0 Å². The molecule has 2 aromatic rings. The molecule has 0 aliphatic carbocycles. The predicted molar refractivity (Wildman–Crippen MR) is 91.0 cm³/mol. The number of nitrogens with zero attached hydrogens (tertiary/aromatic N) is 3. The van der Waals surface area contributed by atoms with Crippen LogP contribution in [0.1, 0.15) is 11.1 Å². The van der Waals surface area contributed by atoms with Gasteiger partial charge >= 0.3 is 0 Å². The molecular formula is C19H25N3. The SMILES string of the molecule is c1ccc(CCN2CCN(CCc3ccncc3)CC2)cc1. The maximum atomic E-state index is 4.08. The molecule has 1 aliphatic heterocycles. The highest BCUT2D eigenvalue weighted by atomic mass is 15.3. The van der Waals surface area contributed by atoms with E-state index in [1.165, 1.54) is 43.9 Å². The highest BCUT2D eigenvalue weighted by Crippen LogP contribution is 2.07. The average Bonchev–Trinajstić information content (AvgIpc) is 2.61. The summed E-state index contributed by atoms with van der Waals surface area (Å²) < 4.78 is 0. The molecule has 0 spiro atoms. The van der Waals surface area contributed by atoms with Crippen molar-refractivity contribution in [2.75, 3.05) is 39.3 Å². The minimum atomic E-state index is 1.13. The standard InChI is InChI=1S/C19H25N3/c1-2-4-18(5-3-1)8-12-21-14-16-22(17-15-21)13-9-19-6-10-20-11-7-19/h1-7,10-11H,8-9,12-17H2. The molecule has 22 heavy (non-hydrogen) atoms. The zero-order valence-electron chi connectivity index (χ0n) is 13.2. The summed E-state index contributed by atoms with van der Waals surface area (Å²) in [6.45, 7) is 7.13. The van der Waals surface area contributed by atoms with Crippen LogP contribution in [0.5, 0.6) is 0 Å². The second-order valence-corrected chi connectivity index (χ2v) is 6.02. The van der Waals surface area contributed by atoms with E-state index in [1.807, 2.05) is 12.4 Å². The summed E-state index contributed by atoms with van der Waals surface area (Å²) in [5.41, 5.74) is 2.84. The average molecular weight is 295 g/mol. The quantitative estimate of drug-likeness (QED) is 0.816. The van der Waals surface area contributed by atoms with E-state index in [-0.39, 0.29) is 0 Å². The summed E-state index contributed by atoms with van der Waals surface area (Å²) in [4.78, 5) is 9.25. The zero-order valence-corrected chi connectivity index (χ0v) is 13.2. The van der Waals surface area contributed by atoms with Crippen LogP contribution in [-0.4, -0.2) is 54.1 Å². The monoisotopic (exact) mass is 295 g/mol. The number of rotatable bonds is 6. The lowest BCUT2D eigenvalue weighted by Gasteiger charge is -2.34. The van der Waals surface area contributed by atoms with E-state index in [0.29, 0.717) is 0 Å². The minimum Gasteiger partial charge on any atom is -0.300 e. The van der Waals surface area contributed by atoms with Crippen LogP contribution in [-0.2, 0) is 12.8 Å². The first kappa shape index (κ1) is 15.2. The van der Waals surface area contributed by atoms with E-state index in [0.717, 1.165) is 19.4 Å². The van der Waals surface area contributed by atoms with E-state index in [2.05, 4.69) is 57.2 Å². The fourth-order valence-corrected chi connectivity index (χ4v) is 3.01. The summed E-state index contributed by atoms with van der Waals surface area (Å²) in [5, 5.41) is 0. The van der Waals surface area contributed by atoms with Crippen molar-refractivity contribution in [2.45, 2.75) is 12.8 Å². The molecule has 0 bridgehead atoms. The Morgan fingerprint density at radius 1 is 0.682 bits per heavy atom. The Hall–Kier alpha value is -1.71. The second kappa shape index (κ2) is 8.06. The third-order valence-electron chi connectivity index (χ3n) is 4.49. The van der Waals surface area contributed by atoms with Gasteiger partial charge in [0.2, 0.25) is 0 Å². The summed E-state index contributed by atoms with van der Waals surface area (Å²) in [6, 6.07) is 15.0. The topological polar surface area (TPSA) is 19.4 Å². The molecular weight excluding hydrogens is 270 g/mol. The second-order valence-electron chi connectivity index (χ2n) is 6.02. The van der Waals surface area contributed by atoms with Gasteiger partial charge < -0.3 is 9.80 Å². The smallest absolute Gasteiger partial charge is 0.0270 e. The molecule has 3 nitrogen and oxygen atoms in total. The van der Waals surface area contributed by atoms with Crippen molar-refractivity contribution in [2.24, 2.45) is 0 Å². The summed E-state index contributed by atoms with van der Waals surface area (Å²) in [7, 11) is 0. The van der Waals surface area contributed by atoms with Crippen LogP contribution in [0.2, 0.25) is 0 Å². The molecule has 0 radical (unpaired) electrons. The zero-order chi connectivity index (χ0) is 15.0. The maximum Gasteiger partial charge on any atom is 0.0270 e. The Labute approximate surface area is 133 Å². The normalized spacial score (nSPS) is 16.7. The third kappa shape index (κ3) is 4.65. The summed E-state index contributed by atoms with van der Waals surface area (Å²) in [6.07, 6.45) is 6.07. The van der Waals surface area contributed by atoms with Gasteiger partial charge in [0.05, 0.1) is 0 Å². The number of piperazine rings is 1. The number of aromatic nitrogens is 1. The van der Waals surface area contributed by atoms with E-state index in [4.69, 9.17) is 0 Å². The molecule has 0 amide bonds. The lowest BCUT2D eigenvalue weighted by molar-refractivity contribution is 0.134. The Morgan fingerprint density at radius 2 is 1.18 bits per heavy atom. The molecule has 0 unspecified atom stereocenters. The summed E-state index contributed by atoms with van der Waals surface area (Å²) in [5.74, 6) is 0. The van der Waals surface area contributed by atoms with Crippen molar-refractivity contribution in [3.63, 3.8) is 0 Å². The molecule has 0 N–H and O–H groups in total. The van der Waals surface area contributed by atoms with E-state index in [9.17, 15) is 0 Å². The van der Waals surface area contributed by atoms with Crippen LogP contribution in [0.15, 0.2) is 54.9 Å². The van der Waals surface area contributed by atoms with Crippen LogP contribution in [0.3, 0.4) is 0 Å². The molecule has 116 valence electrons. The molecule has 1 aromatic carbocycles. The highest BCUT2D eigenvalue weighted by Gasteiger charge is 2.16. The molecule has 0 atom stereocenters. The number of hydrogen-bond acceptors (Lipinski definition) is 3. The van der Waals surface area contributed by atoms with Gasteiger partial charge in [-0.3, -0.25) is 4.98 Å². The fourth-order valence-electron chi connectivity index (χ4n) is 3.01. The number of pyridine rings is 1. The third-order valence-corrected chi connectivity index (χ3v) is 4.49. The van der Waals surface area contributed by atoms with E-state index >= 15 is 0 Å². The molecule has 3 heteroatoms. The van der Waals surface area contributed by atoms with Gasteiger partial charge in [-0.05, 0) is 36.1 Å². The first-order valence-electron chi connectivity index (χ1n) is 8.28. The van der Waals surface area contributed by atoms with Gasteiger partial charge in [-0.2, -0.15) is 0 Å². The number of hydrogen-bond donors (Lipinski definition) is 0. The largest absolute Gasteiger partial charge is 0.300 e. The first-order chi connectivity index (χ1) is 10.9. The minimum absolute atomic E-state index is 1.13. The van der Waals surface area contributed by atoms with Gasteiger partial charge in [-0.25, -0.2) is 0 Å². The Morgan fingerprint density at radius 3 is 1.73 bits per heavy atom. The van der Waals surface area contributed by atoms with Gasteiger partial charge in [0.25, 0.3) is 0 Å². The van der Waals surface area contributed by atoms with Crippen LogP contribution >= 0.6 is 0 Å². The van der Waals surface area contributed by atoms with Crippen molar-refractivity contribution >= 4 is 0 Å². The predicted octanol–water partition coefficient (Wildman–Crippen LogP) is 2.48. The fraction of sp³-hybridized carbons (Fsp3) is 0.421. The van der Waals surface area contributed by atoms with Crippen molar-refractivity contribution in [3.05, 3.63) is 66.0 Å². The van der Waals surface area contributed by atoms with Gasteiger partial charge in [0, 0.05) is 51.7 Å². The maximum absolute atomic E-state index is 4.08. The molecule has 1 fully saturated rings. The Kier molecular flexibility index (Phi) is 5.57. The molecule has 3 rings (SSSR count). The number of benzene rings is 1. The lowest BCUT2D eigenvalue weighted by Crippen LogP contribution is -2.47. The molecule has 1 aromatic heterocycles. The Balaban J connectivity index is 1.35.